The third kappa shape index (κ3) is 4.23. The summed E-state index contributed by atoms with van der Waals surface area (Å²) in [4.78, 5) is 7.35. The van der Waals surface area contributed by atoms with Gasteiger partial charge < -0.3 is 9.84 Å². The lowest BCUT2D eigenvalue weighted by molar-refractivity contribution is -0.171. The highest BCUT2D eigenvalue weighted by molar-refractivity contribution is 4.98. The van der Waals surface area contributed by atoms with Crippen LogP contribution in [0.4, 0.5) is 17.6 Å². The Balaban J connectivity index is 2.37. The molecule has 96 valence electrons. The molecule has 1 heterocycles. The molecule has 0 radical (unpaired) electrons. The van der Waals surface area contributed by atoms with E-state index in [0.29, 0.717) is 0 Å². The molecule has 0 bridgehead atoms. The van der Waals surface area contributed by atoms with Crippen LogP contribution in [0.25, 0.3) is 0 Å². The summed E-state index contributed by atoms with van der Waals surface area (Å²) in [5, 5.41) is 9.40. The van der Waals surface area contributed by atoms with Gasteiger partial charge in [0.05, 0.1) is 18.5 Å². The topological polar surface area (TPSA) is 55.2 Å². The fraction of sp³-hybridized carbons (Fsp3) is 0.556. The largest absolute Gasteiger partial charge is 0.384 e. The summed E-state index contributed by atoms with van der Waals surface area (Å²) in [6.45, 7) is -2.01. The van der Waals surface area contributed by atoms with Crippen molar-refractivity contribution >= 4 is 0 Å². The van der Waals surface area contributed by atoms with Gasteiger partial charge in [0.15, 0.2) is 0 Å². The van der Waals surface area contributed by atoms with E-state index < -0.39 is 31.7 Å². The van der Waals surface area contributed by atoms with Gasteiger partial charge >= 0.3 is 12.3 Å². The van der Waals surface area contributed by atoms with E-state index in [9.17, 15) is 22.7 Å². The monoisotopic (exact) mass is 254 g/mol. The van der Waals surface area contributed by atoms with Crippen LogP contribution in [-0.4, -0.2) is 40.6 Å². The van der Waals surface area contributed by atoms with Crippen molar-refractivity contribution in [3.05, 3.63) is 24.3 Å². The fourth-order valence-corrected chi connectivity index (χ4v) is 0.938. The normalized spacial score (nSPS) is 14.0. The molecule has 1 atom stereocenters. The van der Waals surface area contributed by atoms with Crippen molar-refractivity contribution in [1.29, 1.82) is 0 Å². The summed E-state index contributed by atoms with van der Waals surface area (Å²) >= 11 is 0. The van der Waals surface area contributed by atoms with Crippen LogP contribution in [0.15, 0.2) is 18.6 Å². The highest BCUT2D eigenvalue weighted by Crippen LogP contribution is 2.23. The molecule has 0 aliphatic rings. The van der Waals surface area contributed by atoms with E-state index in [-0.39, 0.29) is 5.69 Å². The quantitative estimate of drug-likeness (QED) is 0.780. The summed E-state index contributed by atoms with van der Waals surface area (Å²) in [5.41, 5.74) is 0.118. The predicted molar refractivity (Wildman–Crippen MR) is 48.8 cm³/mol. The molecule has 1 rings (SSSR count). The second-order valence-corrected chi connectivity index (χ2v) is 3.22. The number of aromatic nitrogens is 2. The van der Waals surface area contributed by atoms with Crippen molar-refractivity contribution in [2.24, 2.45) is 0 Å². The SMILES string of the molecule is OC(COCC(F)(F)C(F)F)c1cnccn1. The number of alkyl halides is 4. The first kappa shape index (κ1) is 13.8. The summed E-state index contributed by atoms with van der Waals surface area (Å²) in [6, 6.07) is 0. The maximum atomic E-state index is 12.4. The molecule has 1 aromatic rings. The molecule has 0 amide bonds. The Morgan fingerprint density at radius 2 is 2.06 bits per heavy atom. The Kier molecular flexibility index (Phi) is 4.76. The first-order valence-corrected chi connectivity index (χ1v) is 4.61. The second kappa shape index (κ2) is 5.87. The third-order valence-corrected chi connectivity index (χ3v) is 1.81. The van der Waals surface area contributed by atoms with Crippen LogP contribution in [0.1, 0.15) is 11.8 Å². The fourth-order valence-electron chi connectivity index (χ4n) is 0.938. The maximum Gasteiger partial charge on any atom is 0.330 e. The molecule has 0 saturated carbocycles. The van der Waals surface area contributed by atoms with Crippen molar-refractivity contribution in [2.75, 3.05) is 13.2 Å². The van der Waals surface area contributed by atoms with Crippen LogP contribution in [0, 0.1) is 0 Å². The first-order valence-electron chi connectivity index (χ1n) is 4.61. The summed E-state index contributed by atoms with van der Waals surface area (Å²) in [5.74, 6) is -4.22. The van der Waals surface area contributed by atoms with E-state index in [0.717, 1.165) is 0 Å². The summed E-state index contributed by atoms with van der Waals surface area (Å²) in [6.07, 6.45) is -1.19. The van der Waals surface area contributed by atoms with Gasteiger partial charge in [0.25, 0.3) is 0 Å². The Hall–Kier alpha value is -1.28. The number of aliphatic hydroxyl groups excluding tert-OH is 1. The number of nitrogens with zero attached hydrogens (tertiary/aromatic N) is 2. The van der Waals surface area contributed by atoms with Crippen LogP contribution in [0.2, 0.25) is 0 Å². The van der Waals surface area contributed by atoms with Gasteiger partial charge in [-0.25, -0.2) is 8.78 Å². The van der Waals surface area contributed by atoms with Gasteiger partial charge in [-0.3, -0.25) is 9.97 Å². The van der Waals surface area contributed by atoms with Gasteiger partial charge in [-0.15, -0.1) is 0 Å². The number of hydrogen-bond donors (Lipinski definition) is 1. The smallest absolute Gasteiger partial charge is 0.330 e. The highest BCUT2D eigenvalue weighted by atomic mass is 19.3. The van der Waals surface area contributed by atoms with Crippen LogP contribution in [0.3, 0.4) is 0 Å². The third-order valence-electron chi connectivity index (χ3n) is 1.81. The zero-order chi connectivity index (χ0) is 12.9. The minimum Gasteiger partial charge on any atom is -0.384 e. The molecule has 0 aliphatic heterocycles. The minimum atomic E-state index is -4.22. The first-order chi connectivity index (χ1) is 7.93. The van der Waals surface area contributed by atoms with Gasteiger partial charge in [-0.2, -0.15) is 8.78 Å². The average Bonchev–Trinajstić information content (AvgIpc) is 2.29. The number of aliphatic hydroxyl groups is 1. The molecule has 1 aromatic heterocycles. The molecule has 0 spiro atoms. The van der Waals surface area contributed by atoms with Crippen molar-refractivity contribution in [2.45, 2.75) is 18.5 Å². The minimum absolute atomic E-state index is 0.118. The van der Waals surface area contributed by atoms with Gasteiger partial charge in [0, 0.05) is 12.4 Å². The van der Waals surface area contributed by atoms with Crippen LogP contribution in [0.5, 0.6) is 0 Å². The molecule has 0 aromatic carbocycles. The van der Waals surface area contributed by atoms with Crippen molar-refractivity contribution in [3.63, 3.8) is 0 Å². The van der Waals surface area contributed by atoms with E-state index >= 15 is 0 Å². The molecule has 1 N–H and O–H groups in total. The van der Waals surface area contributed by atoms with Crippen molar-refractivity contribution < 1.29 is 27.4 Å². The highest BCUT2D eigenvalue weighted by Gasteiger charge is 2.41. The molecular weight excluding hydrogens is 244 g/mol. The molecule has 1 unspecified atom stereocenters. The van der Waals surface area contributed by atoms with Crippen LogP contribution in [-0.2, 0) is 4.74 Å². The molecule has 0 aliphatic carbocycles. The van der Waals surface area contributed by atoms with Gasteiger partial charge in [-0.05, 0) is 0 Å². The van der Waals surface area contributed by atoms with Gasteiger partial charge in [-0.1, -0.05) is 0 Å². The molecular formula is C9H10F4N2O2. The Bertz CT molecular complexity index is 337. The van der Waals surface area contributed by atoms with Gasteiger partial charge in [0.2, 0.25) is 0 Å². The lowest BCUT2D eigenvalue weighted by atomic mass is 10.3. The molecule has 4 nitrogen and oxygen atoms in total. The maximum absolute atomic E-state index is 12.4. The molecule has 0 saturated heterocycles. The van der Waals surface area contributed by atoms with Crippen LogP contribution >= 0.6 is 0 Å². The lowest BCUT2D eigenvalue weighted by Crippen LogP contribution is -2.33. The Labute approximate surface area is 94.3 Å². The number of rotatable bonds is 6. The Morgan fingerprint density at radius 3 is 2.59 bits per heavy atom. The molecule has 8 heteroatoms. The van der Waals surface area contributed by atoms with E-state index in [1.165, 1.54) is 18.6 Å². The van der Waals surface area contributed by atoms with E-state index in [2.05, 4.69) is 14.7 Å². The molecule has 0 fully saturated rings. The van der Waals surface area contributed by atoms with E-state index in [4.69, 9.17) is 0 Å². The number of hydrogen-bond acceptors (Lipinski definition) is 4. The standard InChI is InChI=1S/C9H10F4N2O2/c10-8(11)9(12,13)5-17-4-7(16)6-3-14-1-2-15-6/h1-3,7-8,16H,4-5H2. The zero-order valence-electron chi connectivity index (χ0n) is 8.56. The van der Waals surface area contributed by atoms with E-state index in [1.54, 1.807) is 0 Å². The zero-order valence-corrected chi connectivity index (χ0v) is 8.56. The number of ether oxygens (including phenoxy) is 1. The summed E-state index contributed by atoms with van der Waals surface area (Å²) in [7, 11) is 0. The second-order valence-electron chi connectivity index (χ2n) is 3.22. The average molecular weight is 254 g/mol. The lowest BCUT2D eigenvalue weighted by Gasteiger charge is -2.16. The number of halogens is 4. The predicted octanol–water partition coefficient (Wildman–Crippen LogP) is 1.43. The molecule has 17 heavy (non-hydrogen) atoms. The van der Waals surface area contributed by atoms with Crippen molar-refractivity contribution in [1.82, 2.24) is 9.97 Å². The van der Waals surface area contributed by atoms with Crippen LogP contribution < -0.4 is 0 Å². The van der Waals surface area contributed by atoms with E-state index in [1.807, 2.05) is 0 Å². The Morgan fingerprint density at radius 1 is 1.35 bits per heavy atom. The van der Waals surface area contributed by atoms with Crippen molar-refractivity contribution in [3.8, 4) is 0 Å². The van der Waals surface area contributed by atoms with Gasteiger partial charge in [0.1, 0.15) is 12.7 Å². The summed E-state index contributed by atoms with van der Waals surface area (Å²) < 4.78 is 52.6.